The largest absolute Gasteiger partial charge is 0.382 e. The summed E-state index contributed by atoms with van der Waals surface area (Å²) in [6.45, 7) is 2.23. The van der Waals surface area contributed by atoms with Crippen molar-refractivity contribution in [3.8, 4) is 5.75 Å². The fourth-order valence-corrected chi connectivity index (χ4v) is 3.48. The van der Waals surface area contributed by atoms with Gasteiger partial charge in [-0.1, -0.05) is 82.9 Å². The Morgan fingerprint density at radius 3 is 1.78 bits per heavy atom. The molecule has 0 radical (unpaired) electrons. The van der Waals surface area contributed by atoms with Crippen LogP contribution in [0, 0.1) is 0 Å². The van der Waals surface area contributed by atoms with Crippen LogP contribution in [0.2, 0.25) is 0 Å². The van der Waals surface area contributed by atoms with Gasteiger partial charge in [0.25, 0.3) is 0 Å². The van der Waals surface area contributed by atoms with Gasteiger partial charge < -0.3 is 4.18 Å². The number of hydrogen-bond acceptors (Lipinski definition) is 3. The van der Waals surface area contributed by atoms with Gasteiger partial charge in [-0.25, -0.2) is 0 Å². The molecular weight excluding hydrogens is 355 g/mol. The van der Waals surface area contributed by atoms with Crippen LogP contribution >= 0.6 is 0 Å². The zero-order chi connectivity index (χ0) is 16.1. The fourth-order valence-electron chi connectivity index (χ4n) is 2.43. The van der Waals surface area contributed by atoms with Crippen LogP contribution in [0.5, 0.6) is 5.75 Å². The Hall–Kier alpha value is -0.536. The minimum atomic E-state index is -3.44. The molecule has 136 valence electrons. The zero-order valence-corrected chi connectivity index (χ0v) is 15.9. The van der Waals surface area contributed by atoms with Crippen molar-refractivity contribution < 1.29 is 29.1 Å². The molecule has 0 unspecified atom stereocenters. The predicted octanol–water partition coefficient (Wildman–Crippen LogP) is 5.31. The maximum Gasteiger partial charge on any atom is 0.309 e. The molecule has 23 heavy (non-hydrogen) atoms. The number of hydrogen-bond donors (Lipinski definition) is 0. The van der Waals surface area contributed by atoms with Crippen LogP contribution < -0.4 is 4.18 Å². The zero-order valence-electron chi connectivity index (χ0n) is 14.1. The molecule has 0 atom stereocenters. The average molecular weight is 385 g/mol. The van der Waals surface area contributed by atoms with Crippen molar-refractivity contribution in [2.24, 2.45) is 0 Å². The van der Waals surface area contributed by atoms with Gasteiger partial charge in [-0.15, -0.1) is 0 Å². The van der Waals surface area contributed by atoms with Gasteiger partial charge >= 0.3 is 10.1 Å². The van der Waals surface area contributed by atoms with E-state index in [1.54, 1.807) is 24.3 Å². The Morgan fingerprint density at radius 2 is 1.26 bits per heavy atom. The van der Waals surface area contributed by atoms with E-state index in [1.165, 1.54) is 44.9 Å². The average Bonchev–Trinajstić information content (AvgIpc) is 2.49. The molecular formula is C18H30NiO3S. The van der Waals surface area contributed by atoms with E-state index in [0.717, 1.165) is 12.8 Å². The number of para-hydroxylation sites is 1. The normalized spacial score (nSPS) is 11.0. The SMILES string of the molecule is CCCCCCCCCCCCS(=O)(=O)Oc1ccccc1.[Ni]. The van der Waals surface area contributed by atoms with Crippen LogP contribution in [-0.4, -0.2) is 14.2 Å². The quantitative estimate of drug-likeness (QED) is 0.263. The van der Waals surface area contributed by atoms with E-state index >= 15 is 0 Å². The van der Waals surface area contributed by atoms with Crippen molar-refractivity contribution in [2.45, 2.75) is 71.1 Å². The van der Waals surface area contributed by atoms with Crippen molar-refractivity contribution in [3.05, 3.63) is 30.3 Å². The first-order valence-electron chi connectivity index (χ1n) is 8.61. The van der Waals surface area contributed by atoms with Crippen molar-refractivity contribution in [2.75, 3.05) is 5.75 Å². The summed E-state index contributed by atoms with van der Waals surface area (Å²) in [5.41, 5.74) is 0. The standard InChI is InChI=1S/C18H30O3S.Ni/c1-2-3-4-5-6-7-8-9-10-14-17-22(19,20)21-18-15-12-11-13-16-18;/h11-13,15-16H,2-10,14,17H2,1H3;. The summed E-state index contributed by atoms with van der Waals surface area (Å²) in [7, 11) is -3.44. The van der Waals surface area contributed by atoms with E-state index in [1.807, 2.05) is 6.07 Å². The van der Waals surface area contributed by atoms with Gasteiger partial charge in [-0.2, -0.15) is 8.42 Å². The van der Waals surface area contributed by atoms with E-state index < -0.39 is 10.1 Å². The van der Waals surface area contributed by atoms with Crippen molar-refractivity contribution in [1.82, 2.24) is 0 Å². The second kappa shape index (κ2) is 13.9. The van der Waals surface area contributed by atoms with Crippen molar-refractivity contribution >= 4 is 10.1 Å². The first kappa shape index (κ1) is 22.5. The first-order chi connectivity index (χ1) is 10.6. The summed E-state index contributed by atoms with van der Waals surface area (Å²) < 4.78 is 28.7. The molecule has 0 spiro atoms. The molecule has 1 aromatic carbocycles. The Kier molecular flexibility index (Phi) is 13.5. The molecule has 3 nitrogen and oxygen atoms in total. The molecule has 0 saturated carbocycles. The molecule has 0 saturated heterocycles. The number of rotatable bonds is 13. The molecule has 0 aliphatic rings. The van der Waals surface area contributed by atoms with Crippen LogP contribution in [0.15, 0.2) is 30.3 Å². The van der Waals surface area contributed by atoms with Gasteiger partial charge in [0.2, 0.25) is 0 Å². The Labute approximate surface area is 152 Å². The van der Waals surface area contributed by atoms with Crippen LogP contribution in [0.1, 0.15) is 71.1 Å². The van der Waals surface area contributed by atoms with E-state index in [0.29, 0.717) is 12.2 Å². The van der Waals surface area contributed by atoms with Crippen LogP contribution in [0.3, 0.4) is 0 Å². The minimum absolute atomic E-state index is 0. The monoisotopic (exact) mass is 384 g/mol. The number of benzene rings is 1. The maximum atomic E-state index is 11.8. The molecule has 1 aromatic rings. The molecule has 0 bridgehead atoms. The summed E-state index contributed by atoms with van der Waals surface area (Å²) in [5.74, 6) is 0.507. The van der Waals surface area contributed by atoms with Crippen LogP contribution in [0.4, 0.5) is 0 Å². The van der Waals surface area contributed by atoms with Crippen molar-refractivity contribution in [1.29, 1.82) is 0 Å². The summed E-state index contributed by atoms with van der Waals surface area (Å²) in [6.07, 6.45) is 11.9. The molecule has 5 heteroatoms. The summed E-state index contributed by atoms with van der Waals surface area (Å²) in [5, 5.41) is 0. The minimum Gasteiger partial charge on any atom is -0.382 e. The maximum absolute atomic E-state index is 11.8. The van der Waals surface area contributed by atoms with Gasteiger partial charge in [0.1, 0.15) is 5.75 Å². The second-order valence-electron chi connectivity index (χ2n) is 5.84. The molecule has 0 heterocycles. The summed E-state index contributed by atoms with van der Waals surface area (Å²) in [4.78, 5) is 0. The Bertz CT molecular complexity index is 474. The van der Waals surface area contributed by atoms with E-state index in [9.17, 15) is 8.42 Å². The molecule has 1 rings (SSSR count). The fraction of sp³-hybridized carbons (Fsp3) is 0.667. The predicted molar refractivity (Wildman–Crippen MR) is 92.7 cm³/mol. The molecule has 0 amide bonds. The van der Waals surface area contributed by atoms with Gasteiger partial charge in [0.15, 0.2) is 0 Å². The van der Waals surface area contributed by atoms with Crippen molar-refractivity contribution in [3.63, 3.8) is 0 Å². The third-order valence-corrected chi connectivity index (χ3v) is 4.95. The third kappa shape index (κ3) is 12.5. The van der Waals surface area contributed by atoms with Gasteiger partial charge in [0, 0.05) is 16.5 Å². The molecule has 0 fully saturated rings. The third-order valence-electron chi connectivity index (χ3n) is 3.71. The molecule has 0 aromatic heterocycles. The van der Waals surface area contributed by atoms with E-state index in [2.05, 4.69) is 6.92 Å². The topological polar surface area (TPSA) is 43.4 Å². The van der Waals surface area contributed by atoms with Crippen LogP contribution in [-0.2, 0) is 26.6 Å². The number of unbranched alkanes of at least 4 members (excludes halogenated alkanes) is 9. The molecule has 0 aliphatic carbocycles. The van der Waals surface area contributed by atoms with Gasteiger partial charge in [-0.05, 0) is 18.6 Å². The van der Waals surface area contributed by atoms with E-state index in [-0.39, 0.29) is 22.2 Å². The smallest absolute Gasteiger partial charge is 0.309 e. The second-order valence-corrected chi connectivity index (χ2v) is 7.53. The Morgan fingerprint density at radius 1 is 0.783 bits per heavy atom. The van der Waals surface area contributed by atoms with Crippen LogP contribution in [0.25, 0.3) is 0 Å². The first-order valence-corrected chi connectivity index (χ1v) is 10.2. The Balaban J connectivity index is 0.00000484. The molecule has 0 N–H and O–H groups in total. The summed E-state index contributed by atoms with van der Waals surface area (Å²) in [6, 6.07) is 8.70. The molecule has 0 aliphatic heterocycles. The van der Waals surface area contributed by atoms with Gasteiger partial charge in [-0.3, -0.25) is 0 Å². The van der Waals surface area contributed by atoms with E-state index in [4.69, 9.17) is 4.18 Å². The summed E-state index contributed by atoms with van der Waals surface area (Å²) >= 11 is 0. The van der Waals surface area contributed by atoms with Gasteiger partial charge in [0.05, 0.1) is 5.75 Å².